The molecule has 4 aromatic rings. The van der Waals surface area contributed by atoms with Crippen LogP contribution in [0.3, 0.4) is 0 Å². The lowest BCUT2D eigenvalue weighted by Crippen LogP contribution is -2.38. The Morgan fingerprint density at radius 2 is 1.83 bits per heavy atom. The van der Waals surface area contributed by atoms with E-state index in [1.807, 2.05) is 52.0 Å². The molecular formula is C30H38ClN5O5. The minimum absolute atomic E-state index is 0. The number of pyridine rings is 1. The highest BCUT2D eigenvalue weighted by atomic mass is 35.5. The molecule has 3 heterocycles. The number of aliphatic hydroxyl groups is 3. The van der Waals surface area contributed by atoms with Crippen molar-refractivity contribution in [1.29, 1.82) is 0 Å². The van der Waals surface area contributed by atoms with E-state index in [9.17, 15) is 15.3 Å². The van der Waals surface area contributed by atoms with E-state index in [-0.39, 0.29) is 37.4 Å². The van der Waals surface area contributed by atoms with Crippen molar-refractivity contribution in [2.75, 3.05) is 23.8 Å². The summed E-state index contributed by atoms with van der Waals surface area (Å²) in [7, 11) is 0. The molecule has 1 aromatic carbocycles. The molecule has 5 N–H and O–H groups in total. The van der Waals surface area contributed by atoms with Gasteiger partial charge in [0.2, 0.25) is 11.8 Å². The fourth-order valence-corrected chi connectivity index (χ4v) is 5.57. The molecule has 1 fully saturated rings. The Balaban J connectivity index is 0.00000387. The van der Waals surface area contributed by atoms with Crippen molar-refractivity contribution in [1.82, 2.24) is 15.0 Å². The van der Waals surface area contributed by atoms with Gasteiger partial charge in [-0.25, -0.2) is 9.97 Å². The Morgan fingerprint density at radius 3 is 2.54 bits per heavy atom. The predicted octanol–water partition coefficient (Wildman–Crippen LogP) is 4.72. The monoisotopic (exact) mass is 583 g/mol. The first-order valence-electron chi connectivity index (χ1n) is 13.7. The van der Waals surface area contributed by atoms with Crippen LogP contribution < -0.4 is 15.4 Å². The average Bonchev–Trinajstić information content (AvgIpc) is 3.45. The lowest BCUT2D eigenvalue weighted by Gasteiger charge is -2.25. The summed E-state index contributed by atoms with van der Waals surface area (Å²) >= 11 is 0. The number of furan rings is 1. The maximum Gasteiger partial charge on any atom is 0.225 e. The topological polar surface area (TPSA) is 146 Å². The summed E-state index contributed by atoms with van der Waals surface area (Å²) in [6.45, 7) is 10.1. The number of anilines is 2. The highest BCUT2D eigenvalue weighted by Gasteiger charge is 2.42. The number of ether oxygens (including phenoxy) is 1. The van der Waals surface area contributed by atoms with Gasteiger partial charge in [0.1, 0.15) is 17.7 Å². The molecule has 41 heavy (non-hydrogen) atoms. The van der Waals surface area contributed by atoms with Crippen molar-refractivity contribution in [2.45, 2.75) is 65.3 Å². The third-order valence-corrected chi connectivity index (χ3v) is 7.63. The molecule has 1 saturated carbocycles. The first kappa shape index (κ1) is 30.5. The number of fused-ring (bicyclic) bond motifs is 1. The van der Waals surface area contributed by atoms with Crippen LogP contribution in [0.25, 0.3) is 22.3 Å². The maximum absolute atomic E-state index is 10.7. The first-order valence-corrected chi connectivity index (χ1v) is 13.7. The fourth-order valence-electron chi connectivity index (χ4n) is 5.57. The summed E-state index contributed by atoms with van der Waals surface area (Å²) in [6.07, 6.45) is -1.74. The van der Waals surface area contributed by atoms with Crippen LogP contribution in [-0.4, -0.2) is 61.7 Å². The normalized spacial score (nSPS) is 21.0. The van der Waals surface area contributed by atoms with Crippen molar-refractivity contribution < 1.29 is 24.5 Å². The lowest BCUT2D eigenvalue weighted by molar-refractivity contribution is 0.0390. The molecule has 0 unspecified atom stereocenters. The summed E-state index contributed by atoms with van der Waals surface area (Å²) in [4.78, 5) is 14.1. The van der Waals surface area contributed by atoms with Crippen LogP contribution in [0.1, 0.15) is 48.8 Å². The van der Waals surface area contributed by atoms with Crippen LogP contribution in [-0.2, 0) is 0 Å². The second-order valence-electron chi connectivity index (χ2n) is 10.5. The number of nitrogens with zero attached hydrogens (tertiary/aromatic N) is 3. The molecule has 0 aliphatic heterocycles. The number of hydrogen-bond acceptors (Lipinski definition) is 10. The van der Waals surface area contributed by atoms with E-state index in [4.69, 9.17) is 19.1 Å². The predicted molar refractivity (Wildman–Crippen MR) is 161 cm³/mol. The Labute approximate surface area is 245 Å². The SMILES string of the molecule is CCOc1cc2cc(-c3c(C)nc(N[C@H](C)c4ccccc4C)nc3N[C@@H]3[C@H](CO)C[C@@H](O)[C@H]3O)oc2c(C)n1.Cl. The fraction of sp³-hybridized carbons (Fsp3) is 0.433. The van der Waals surface area contributed by atoms with Gasteiger partial charge >= 0.3 is 0 Å². The molecule has 0 radical (unpaired) electrons. The van der Waals surface area contributed by atoms with Crippen LogP contribution in [0.4, 0.5) is 11.8 Å². The first-order chi connectivity index (χ1) is 19.2. The second kappa shape index (κ2) is 12.6. The lowest BCUT2D eigenvalue weighted by atomic mass is 10.0. The minimum Gasteiger partial charge on any atom is -0.478 e. The van der Waals surface area contributed by atoms with Crippen LogP contribution in [0.5, 0.6) is 5.88 Å². The van der Waals surface area contributed by atoms with Gasteiger partial charge in [-0.3, -0.25) is 0 Å². The Morgan fingerprint density at radius 1 is 1.07 bits per heavy atom. The van der Waals surface area contributed by atoms with Crippen molar-refractivity contribution in [3.63, 3.8) is 0 Å². The van der Waals surface area contributed by atoms with E-state index in [0.29, 0.717) is 52.5 Å². The number of hydrogen-bond donors (Lipinski definition) is 5. The number of rotatable bonds is 9. The molecule has 1 aliphatic rings. The van der Waals surface area contributed by atoms with Crippen molar-refractivity contribution in [3.05, 3.63) is 58.9 Å². The molecule has 1 aliphatic carbocycles. The summed E-state index contributed by atoms with van der Waals surface area (Å²) < 4.78 is 11.9. The van der Waals surface area contributed by atoms with Crippen molar-refractivity contribution >= 4 is 35.1 Å². The number of halogens is 1. The maximum atomic E-state index is 10.7. The third kappa shape index (κ3) is 6.11. The Hall–Kier alpha value is -3.44. The molecule has 10 nitrogen and oxygen atoms in total. The van der Waals surface area contributed by atoms with Crippen LogP contribution in [0.2, 0.25) is 0 Å². The Kier molecular flexibility index (Phi) is 9.38. The Bertz CT molecular complexity index is 1510. The van der Waals surface area contributed by atoms with E-state index in [1.54, 1.807) is 0 Å². The molecule has 3 aromatic heterocycles. The molecule has 5 rings (SSSR count). The smallest absolute Gasteiger partial charge is 0.225 e. The van der Waals surface area contributed by atoms with E-state index >= 15 is 0 Å². The standard InChI is InChI=1S/C30H37N5O5.ClH/c1-6-39-24-13-19-12-23(40-28(19)18(5)31-24)25-17(4)33-30(32-16(3)21-10-8-7-9-15(21)2)35-29(25)34-26-20(14-36)11-22(37)27(26)38;/h7-10,12-13,16,20,22,26-27,36-38H,6,11,14H2,1-5H3,(H2,32,33,34,35);1H/t16-,20+,22-,26-,27-;/m1./s1. The van der Waals surface area contributed by atoms with Gasteiger partial charge in [-0.2, -0.15) is 4.98 Å². The summed E-state index contributed by atoms with van der Waals surface area (Å²) in [5.74, 6) is 1.52. The number of aryl methyl sites for hydroxylation is 3. The van der Waals surface area contributed by atoms with Crippen LogP contribution in [0.15, 0.2) is 40.8 Å². The average molecular weight is 584 g/mol. The molecule has 0 spiro atoms. The van der Waals surface area contributed by atoms with Gasteiger partial charge in [0.05, 0.1) is 41.7 Å². The summed E-state index contributed by atoms with van der Waals surface area (Å²) in [5, 5.41) is 38.6. The zero-order valence-electron chi connectivity index (χ0n) is 23.9. The highest BCUT2D eigenvalue weighted by molar-refractivity contribution is 5.88. The molecule has 0 amide bonds. The van der Waals surface area contributed by atoms with Gasteiger partial charge < -0.3 is 35.1 Å². The van der Waals surface area contributed by atoms with Gasteiger partial charge in [-0.1, -0.05) is 24.3 Å². The zero-order valence-corrected chi connectivity index (χ0v) is 24.7. The minimum atomic E-state index is -1.07. The molecule has 5 atom stereocenters. The number of benzene rings is 1. The summed E-state index contributed by atoms with van der Waals surface area (Å²) in [6, 6.07) is 11.2. The molecular weight excluding hydrogens is 546 g/mol. The molecule has 0 saturated heterocycles. The number of aliphatic hydroxyl groups excluding tert-OH is 3. The second-order valence-corrected chi connectivity index (χ2v) is 10.5. The number of aromatic nitrogens is 3. The van der Waals surface area contributed by atoms with E-state index in [2.05, 4.69) is 34.7 Å². The largest absolute Gasteiger partial charge is 0.478 e. The van der Waals surface area contributed by atoms with Gasteiger partial charge in [0.25, 0.3) is 0 Å². The molecule has 0 bridgehead atoms. The van der Waals surface area contributed by atoms with E-state index < -0.39 is 18.2 Å². The molecule has 11 heteroatoms. The highest BCUT2D eigenvalue weighted by Crippen LogP contribution is 2.38. The quantitative estimate of drug-likeness (QED) is 0.188. The van der Waals surface area contributed by atoms with Gasteiger partial charge in [-0.05, 0) is 58.2 Å². The molecule has 220 valence electrons. The van der Waals surface area contributed by atoms with Crippen LogP contribution >= 0.6 is 12.4 Å². The van der Waals surface area contributed by atoms with E-state index in [1.165, 1.54) is 0 Å². The summed E-state index contributed by atoms with van der Waals surface area (Å²) in [5.41, 5.74) is 4.88. The van der Waals surface area contributed by atoms with Crippen LogP contribution in [0, 0.1) is 26.7 Å². The van der Waals surface area contributed by atoms with Gasteiger partial charge in [-0.15, -0.1) is 12.4 Å². The van der Waals surface area contributed by atoms with Crippen molar-refractivity contribution in [3.8, 4) is 17.2 Å². The van der Waals surface area contributed by atoms with Gasteiger partial charge in [0.15, 0.2) is 5.58 Å². The van der Waals surface area contributed by atoms with Gasteiger partial charge in [0, 0.05) is 24.0 Å². The zero-order chi connectivity index (χ0) is 28.6. The third-order valence-electron chi connectivity index (χ3n) is 7.63. The van der Waals surface area contributed by atoms with E-state index in [0.717, 1.165) is 16.5 Å². The van der Waals surface area contributed by atoms with Crippen molar-refractivity contribution in [2.24, 2.45) is 5.92 Å². The number of nitrogens with one attached hydrogen (secondary N) is 2.